The van der Waals surface area contributed by atoms with Crippen molar-refractivity contribution in [2.24, 2.45) is 0 Å². The molecule has 0 aliphatic heterocycles. The predicted molar refractivity (Wildman–Crippen MR) is 76.6 cm³/mol. The molecule has 1 atom stereocenters. The van der Waals surface area contributed by atoms with Gasteiger partial charge in [0.05, 0.1) is 6.04 Å². The molecular formula is C16H16N2O2. The van der Waals surface area contributed by atoms with Crippen LogP contribution in [0.3, 0.4) is 0 Å². The molecule has 1 N–H and O–H groups in total. The zero-order chi connectivity index (χ0) is 14.1. The maximum Gasteiger partial charge on any atom is 0.176 e. The second-order valence-electron chi connectivity index (χ2n) is 4.84. The minimum absolute atomic E-state index is 0.110. The van der Waals surface area contributed by atoms with Crippen LogP contribution in [-0.4, -0.2) is 14.7 Å². The van der Waals surface area contributed by atoms with Crippen LogP contribution in [0.4, 0.5) is 0 Å². The van der Waals surface area contributed by atoms with Crippen LogP contribution < -0.4 is 0 Å². The van der Waals surface area contributed by atoms with E-state index in [4.69, 9.17) is 4.42 Å². The van der Waals surface area contributed by atoms with Crippen molar-refractivity contribution in [3.05, 3.63) is 60.1 Å². The highest BCUT2D eigenvalue weighted by Gasteiger charge is 2.15. The number of aromatic nitrogens is 2. The Bertz CT molecular complexity index is 710. The van der Waals surface area contributed by atoms with Gasteiger partial charge in [-0.1, -0.05) is 12.1 Å². The third-order valence-corrected chi connectivity index (χ3v) is 3.42. The number of phenols is 1. The van der Waals surface area contributed by atoms with Crippen LogP contribution in [0, 0.1) is 6.92 Å². The van der Waals surface area contributed by atoms with Gasteiger partial charge in [0.1, 0.15) is 11.5 Å². The molecule has 0 bridgehead atoms. The summed E-state index contributed by atoms with van der Waals surface area (Å²) in [5, 5.41) is 9.37. The topological polar surface area (TPSA) is 51.2 Å². The lowest BCUT2D eigenvalue weighted by Gasteiger charge is -2.16. The lowest BCUT2D eigenvalue weighted by atomic mass is 10.1. The van der Waals surface area contributed by atoms with E-state index in [1.165, 1.54) is 0 Å². The molecule has 0 aliphatic rings. The molecule has 3 rings (SSSR count). The normalized spacial score (nSPS) is 12.5. The Hall–Kier alpha value is -2.49. The van der Waals surface area contributed by atoms with E-state index in [-0.39, 0.29) is 11.8 Å². The Balaban J connectivity index is 1.99. The molecular weight excluding hydrogens is 252 g/mol. The van der Waals surface area contributed by atoms with Gasteiger partial charge in [0.2, 0.25) is 0 Å². The summed E-state index contributed by atoms with van der Waals surface area (Å²) in [6.07, 6.45) is 3.70. The average Bonchev–Trinajstić information content (AvgIpc) is 3.07. The largest absolute Gasteiger partial charge is 0.508 e. The van der Waals surface area contributed by atoms with Crippen LogP contribution in [0.25, 0.3) is 11.6 Å². The third-order valence-electron chi connectivity index (χ3n) is 3.42. The molecule has 2 aromatic heterocycles. The van der Waals surface area contributed by atoms with E-state index in [2.05, 4.69) is 16.5 Å². The fourth-order valence-electron chi connectivity index (χ4n) is 2.28. The van der Waals surface area contributed by atoms with Crippen LogP contribution in [-0.2, 0) is 0 Å². The summed E-state index contributed by atoms with van der Waals surface area (Å²) < 4.78 is 7.71. The smallest absolute Gasteiger partial charge is 0.176 e. The molecule has 4 heteroatoms. The van der Waals surface area contributed by atoms with E-state index >= 15 is 0 Å². The highest BCUT2D eigenvalue weighted by Crippen LogP contribution is 2.27. The molecule has 2 heterocycles. The lowest BCUT2D eigenvalue weighted by Crippen LogP contribution is -2.07. The summed E-state index contributed by atoms with van der Waals surface area (Å²) >= 11 is 0. The number of aryl methyl sites for hydroxylation is 1. The first-order valence-electron chi connectivity index (χ1n) is 6.54. The molecule has 4 nitrogen and oxygen atoms in total. The first-order chi connectivity index (χ1) is 9.65. The van der Waals surface area contributed by atoms with Gasteiger partial charge in [-0.15, -0.1) is 0 Å². The van der Waals surface area contributed by atoms with Crippen LogP contribution in [0.15, 0.2) is 53.2 Å². The summed E-state index contributed by atoms with van der Waals surface area (Å²) in [4.78, 5) is 4.38. The second kappa shape index (κ2) is 4.89. The number of nitrogens with zero attached hydrogens (tertiary/aromatic N) is 2. The fraction of sp³-hybridized carbons (Fsp3) is 0.188. The van der Waals surface area contributed by atoms with Gasteiger partial charge in [-0.3, -0.25) is 0 Å². The molecule has 0 fully saturated rings. The fourth-order valence-corrected chi connectivity index (χ4v) is 2.28. The predicted octanol–water partition coefficient (Wildman–Crippen LogP) is 3.77. The van der Waals surface area contributed by atoms with Gasteiger partial charge < -0.3 is 14.1 Å². The van der Waals surface area contributed by atoms with Crippen molar-refractivity contribution in [3.63, 3.8) is 0 Å². The summed E-state index contributed by atoms with van der Waals surface area (Å²) in [5.41, 5.74) is 1.10. The van der Waals surface area contributed by atoms with Crippen molar-refractivity contribution in [3.8, 4) is 17.3 Å². The second-order valence-corrected chi connectivity index (χ2v) is 4.84. The van der Waals surface area contributed by atoms with E-state index in [0.29, 0.717) is 0 Å². The van der Waals surface area contributed by atoms with Gasteiger partial charge in [-0.25, -0.2) is 4.98 Å². The standard InChI is InChI=1S/C16H16N2O2/c1-11-3-8-15(20-11)16-17-9-10-18(16)12(2)13-4-6-14(19)7-5-13/h3-10,12,19H,1-2H3. The van der Waals surface area contributed by atoms with Gasteiger partial charge in [0, 0.05) is 12.4 Å². The van der Waals surface area contributed by atoms with E-state index in [1.807, 2.05) is 37.4 Å². The number of phenolic OH excluding ortho intramolecular Hbond substituents is 1. The van der Waals surface area contributed by atoms with Gasteiger partial charge in [-0.2, -0.15) is 0 Å². The summed E-state index contributed by atoms with van der Waals surface area (Å²) in [5.74, 6) is 2.71. The van der Waals surface area contributed by atoms with E-state index < -0.39 is 0 Å². The quantitative estimate of drug-likeness (QED) is 0.786. The summed E-state index contributed by atoms with van der Waals surface area (Å²) in [6.45, 7) is 4.01. The van der Waals surface area contributed by atoms with Crippen molar-refractivity contribution < 1.29 is 9.52 Å². The van der Waals surface area contributed by atoms with Gasteiger partial charge in [-0.05, 0) is 43.7 Å². The molecule has 3 aromatic rings. The molecule has 1 unspecified atom stereocenters. The van der Waals surface area contributed by atoms with Gasteiger partial charge >= 0.3 is 0 Å². The minimum atomic E-state index is 0.110. The highest BCUT2D eigenvalue weighted by atomic mass is 16.3. The van der Waals surface area contributed by atoms with Gasteiger partial charge in [0.25, 0.3) is 0 Å². The zero-order valence-electron chi connectivity index (χ0n) is 11.4. The van der Waals surface area contributed by atoms with E-state index in [0.717, 1.165) is 22.9 Å². The molecule has 0 saturated heterocycles. The number of rotatable bonds is 3. The third kappa shape index (κ3) is 2.20. The number of imidazole rings is 1. The molecule has 0 aliphatic carbocycles. The van der Waals surface area contributed by atoms with Crippen LogP contribution in [0.5, 0.6) is 5.75 Å². The Morgan fingerprint density at radius 1 is 1.15 bits per heavy atom. The zero-order valence-corrected chi connectivity index (χ0v) is 11.4. The monoisotopic (exact) mass is 268 g/mol. The van der Waals surface area contributed by atoms with Crippen molar-refractivity contribution in [1.82, 2.24) is 9.55 Å². The van der Waals surface area contributed by atoms with E-state index in [9.17, 15) is 5.11 Å². The average molecular weight is 268 g/mol. The molecule has 102 valence electrons. The molecule has 0 amide bonds. The van der Waals surface area contributed by atoms with Crippen LogP contribution in [0.2, 0.25) is 0 Å². The van der Waals surface area contributed by atoms with Crippen molar-refractivity contribution in [2.45, 2.75) is 19.9 Å². The molecule has 20 heavy (non-hydrogen) atoms. The Labute approximate surface area is 117 Å². The summed E-state index contributed by atoms with van der Waals surface area (Å²) in [6, 6.07) is 11.2. The number of benzene rings is 1. The van der Waals surface area contributed by atoms with Crippen molar-refractivity contribution >= 4 is 0 Å². The lowest BCUT2D eigenvalue weighted by molar-refractivity contribution is 0.474. The number of furan rings is 1. The molecule has 0 saturated carbocycles. The molecule has 0 spiro atoms. The van der Waals surface area contributed by atoms with E-state index in [1.54, 1.807) is 18.3 Å². The maximum absolute atomic E-state index is 9.37. The molecule has 0 radical (unpaired) electrons. The minimum Gasteiger partial charge on any atom is -0.508 e. The van der Waals surface area contributed by atoms with Crippen molar-refractivity contribution in [1.29, 1.82) is 0 Å². The van der Waals surface area contributed by atoms with Gasteiger partial charge in [0.15, 0.2) is 11.6 Å². The number of hydrogen-bond acceptors (Lipinski definition) is 3. The number of aromatic hydroxyl groups is 1. The van der Waals surface area contributed by atoms with Crippen LogP contribution in [0.1, 0.15) is 24.3 Å². The summed E-state index contributed by atoms with van der Waals surface area (Å²) in [7, 11) is 0. The Morgan fingerprint density at radius 2 is 1.90 bits per heavy atom. The molecule has 1 aromatic carbocycles. The number of hydrogen-bond donors (Lipinski definition) is 1. The first-order valence-corrected chi connectivity index (χ1v) is 6.54. The van der Waals surface area contributed by atoms with Crippen LogP contribution >= 0.6 is 0 Å². The Kier molecular flexibility index (Phi) is 3.06. The van der Waals surface area contributed by atoms with Crippen molar-refractivity contribution in [2.75, 3.05) is 0 Å². The SMILES string of the molecule is Cc1ccc(-c2nccn2C(C)c2ccc(O)cc2)o1. The first kappa shape index (κ1) is 12.5. The highest BCUT2D eigenvalue weighted by molar-refractivity contribution is 5.48. The Morgan fingerprint density at radius 3 is 2.55 bits per heavy atom. The maximum atomic E-state index is 9.37.